The zero-order valence-electron chi connectivity index (χ0n) is 9.95. The van der Waals surface area contributed by atoms with Crippen LogP contribution in [-0.4, -0.2) is 0 Å². The predicted octanol–water partition coefficient (Wildman–Crippen LogP) is 4.34. The van der Waals surface area contributed by atoms with Crippen molar-refractivity contribution in [3.05, 3.63) is 58.3 Å². The molecule has 18 heavy (non-hydrogen) atoms. The van der Waals surface area contributed by atoms with Crippen LogP contribution in [0.1, 0.15) is 18.5 Å². The molecule has 0 bridgehead atoms. The van der Waals surface area contributed by atoms with Crippen molar-refractivity contribution >= 4 is 27.3 Å². The summed E-state index contributed by atoms with van der Waals surface area (Å²) >= 11 is 3.43. The summed E-state index contributed by atoms with van der Waals surface area (Å²) in [6.07, 6.45) is 0. The first-order chi connectivity index (χ1) is 8.56. The molecule has 0 aliphatic carbocycles. The Morgan fingerprint density at radius 3 is 2.72 bits per heavy atom. The molecule has 2 aromatic rings. The van der Waals surface area contributed by atoms with Crippen LogP contribution in [0.15, 0.2) is 46.9 Å². The molecule has 0 radical (unpaired) electrons. The lowest BCUT2D eigenvalue weighted by molar-refractivity contribution is 0.628. The quantitative estimate of drug-likeness (QED) is 0.828. The number of hydrogen-bond acceptors (Lipinski definition) is 2. The Hall–Kier alpha value is -1.55. The highest BCUT2D eigenvalue weighted by molar-refractivity contribution is 9.10. The number of rotatable bonds is 3. The molecule has 0 heterocycles. The first kappa shape index (κ1) is 12.9. The minimum atomic E-state index is -0.298. The molecule has 0 aliphatic heterocycles. The maximum absolute atomic E-state index is 13.2. The summed E-state index contributed by atoms with van der Waals surface area (Å²) in [7, 11) is 0. The highest BCUT2D eigenvalue weighted by atomic mass is 79.9. The van der Waals surface area contributed by atoms with Crippen molar-refractivity contribution in [3.63, 3.8) is 0 Å². The average molecular weight is 309 g/mol. The van der Waals surface area contributed by atoms with E-state index in [1.807, 2.05) is 31.2 Å². The van der Waals surface area contributed by atoms with E-state index in [0.29, 0.717) is 11.4 Å². The zero-order valence-corrected chi connectivity index (χ0v) is 11.5. The maximum Gasteiger partial charge on any atom is 0.125 e. The van der Waals surface area contributed by atoms with E-state index >= 15 is 0 Å². The van der Waals surface area contributed by atoms with Crippen LogP contribution in [0.3, 0.4) is 0 Å². The van der Waals surface area contributed by atoms with Crippen molar-refractivity contribution in [1.82, 2.24) is 0 Å². The van der Waals surface area contributed by atoms with E-state index in [2.05, 4.69) is 21.2 Å². The van der Waals surface area contributed by atoms with Gasteiger partial charge in [-0.25, -0.2) is 4.39 Å². The minimum Gasteiger partial charge on any atom is -0.397 e. The molecule has 94 valence electrons. The van der Waals surface area contributed by atoms with E-state index in [1.165, 1.54) is 12.1 Å². The molecule has 0 spiro atoms. The van der Waals surface area contributed by atoms with Crippen molar-refractivity contribution in [1.29, 1.82) is 0 Å². The van der Waals surface area contributed by atoms with E-state index in [1.54, 1.807) is 6.07 Å². The Kier molecular flexibility index (Phi) is 3.87. The first-order valence-electron chi connectivity index (χ1n) is 5.63. The van der Waals surface area contributed by atoms with E-state index in [9.17, 15) is 4.39 Å². The van der Waals surface area contributed by atoms with Crippen LogP contribution in [-0.2, 0) is 0 Å². The van der Waals surface area contributed by atoms with Crippen molar-refractivity contribution in [2.75, 3.05) is 11.1 Å². The van der Waals surface area contributed by atoms with Gasteiger partial charge in [0.2, 0.25) is 0 Å². The third kappa shape index (κ3) is 3.01. The molecule has 0 saturated heterocycles. The first-order valence-corrected chi connectivity index (χ1v) is 6.42. The van der Waals surface area contributed by atoms with Gasteiger partial charge in [-0.15, -0.1) is 0 Å². The van der Waals surface area contributed by atoms with E-state index in [0.717, 1.165) is 10.0 Å². The molecule has 1 atom stereocenters. The van der Waals surface area contributed by atoms with Crippen LogP contribution >= 0.6 is 15.9 Å². The molecule has 3 N–H and O–H groups in total. The fraction of sp³-hybridized carbons (Fsp3) is 0.143. The third-order valence-electron chi connectivity index (χ3n) is 2.74. The number of nitrogen functional groups attached to an aromatic ring is 1. The van der Waals surface area contributed by atoms with Gasteiger partial charge in [0.15, 0.2) is 0 Å². The van der Waals surface area contributed by atoms with Gasteiger partial charge in [0.1, 0.15) is 5.82 Å². The van der Waals surface area contributed by atoms with Gasteiger partial charge < -0.3 is 11.1 Å². The van der Waals surface area contributed by atoms with Gasteiger partial charge >= 0.3 is 0 Å². The fourth-order valence-corrected chi connectivity index (χ4v) is 2.16. The van der Waals surface area contributed by atoms with Crippen LogP contribution < -0.4 is 11.1 Å². The molecule has 0 aromatic heterocycles. The van der Waals surface area contributed by atoms with E-state index in [4.69, 9.17) is 5.73 Å². The number of halogens is 2. The SMILES string of the molecule is CC(Nc1cc(F)ccc1N)c1cccc(Br)c1. The van der Waals surface area contributed by atoms with Gasteiger partial charge in [-0.2, -0.15) is 0 Å². The number of benzene rings is 2. The van der Waals surface area contributed by atoms with Crippen LogP contribution in [0.25, 0.3) is 0 Å². The van der Waals surface area contributed by atoms with Crippen molar-refractivity contribution in [3.8, 4) is 0 Å². The minimum absolute atomic E-state index is 0.0478. The number of nitrogens with two attached hydrogens (primary N) is 1. The third-order valence-corrected chi connectivity index (χ3v) is 3.23. The summed E-state index contributed by atoms with van der Waals surface area (Å²) < 4.78 is 14.2. The van der Waals surface area contributed by atoms with Crippen LogP contribution in [0.2, 0.25) is 0 Å². The molecular formula is C14H14BrFN2. The van der Waals surface area contributed by atoms with Gasteiger partial charge in [0.05, 0.1) is 11.4 Å². The highest BCUT2D eigenvalue weighted by Gasteiger charge is 2.08. The second-order valence-corrected chi connectivity index (χ2v) is 5.07. The molecule has 0 aliphatic rings. The monoisotopic (exact) mass is 308 g/mol. The molecular weight excluding hydrogens is 295 g/mol. The van der Waals surface area contributed by atoms with Gasteiger partial charge in [-0.1, -0.05) is 28.1 Å². The van der Waals surface area contributed by atoms with Gasteiger partial charge in [0.25, 0.3) is 0 Å². The normalized spacial score (nSPS) is 12.2. The lowest BCUT2D eigenvalue weighted by Crippen LogP contribution is -2.08. The van der Waals surface area contributed by atoms with Gasteiger partial charge in [0, 0.05) is 10.5 Å². The molecule has 2 rings (SSSR count). The summed E-state index contributed by atoms with van der Waals surface area (Å²) in [5.74, 6) is -0.298. The topological polar surface area (TPSA) is 38.0 Å². The second kappa shape index (κ2) is 5.40. The average Bonchev–Trinajstić information content (AvgIpc) is 2.34. The van der Waals surface area contributed by atoms with Crippen molar-refractivity contribution < 1.29 is 4.39 Å². The Morgan fingerprint density at radius 1 is 1.22 bits per heavy atom. The molecule has 0 saturated carbocycles. The van der Waals surface area contributed by atoms with Crippen LogP contribution in [0.5, 0.6) is 0 Å². The Bertz CT molecular complexity index is 557. The molecule has 0 amide bonds. The number of hydrogen-bond donors (Lipinski definition) is 2. The summed E-state index contributed by atoms with van der Waals surface area (Å²) in [4.78, 5) is 0. The predicted molar refractivity (Wildman–Crippen MR) is 77.0 cm³/mol. The van der Waals surface area contributed by atoms with Crippen LogP contribution in [0.4, 0.5) is 15.8 Å². The summed E-state index contributed by atoms with van der Waals surface area (Å²) in [6, 6.07) is 12.3. The summed E-state index contributed by atoms with van der Waals surface area (Å²) in [5, 5.41) is 3.21. The Morgan fingerprint density at radius 2 is 2.00 bits per heavy atom. The maximum atomic E-state index is 13.2. The molecule has 1 unspecified atom stereocenters. The standard InChI is InChI=1S/C14H14BrFN2/c1-9(10-3-2-4-11(15)7-10)18-14-8-12(16)5-6-13(14)17/h2-9,18H,17H2,1H3. The molecule has 0 fully saturated rings. The van der Waals surface area contributed by atoms with Gasteiger partial charge in [-0.05, 0) is 42.8 Å². The lowest BCUT2D eigenvalue weighted by atomic mass is 10.1. The fourth-order valence-electron chi connectivity index (χ4n) is 1.75. The lowest BCUT2D eigenvalue weighted by Gasteiger charge is -2.17. The number of anilines is 2. The van der Waals surface area contributed by atoms with Gasteiger partial charge in [-0.3, -0.25) is 0 Å². The van der Waals surface area contributed by atoms with E-state index < -0.39 is 0 Å². The summed E-state index contributed by atoms with van der Waals surface area (Å²) in [5.41, 5.74) is 8.07. The van der Waals surface area contributed by atoms with Crippen molar-refractivity contribution in [2.45, 2.75) is 13.0 Å². The van der Waals surface area contributed by atoms with Crippen molar-refractivity contribution in [2.24, 2.45) is 0 Å². The van der Waals surface area contributed by atoms with Crippen LogP contribution in [0, 0.1) is 5.82 Å². The zero-order chi connectivity index (χ0) is 13.1. The smallest absolute Gasteiger partial charge is 0.125 e. The highest BCUT2D eigenvalue weighted by Crippen LogP contribution is 2.26. The molecule has 2 aromatic carbocycles. The second-order valence-electron chi connectivity index (χ2n) is 4.15. The Labute approximate surface area is 114 Å². The molecule has 2 nitrogen and oxygen atoms in total. The summed E-state index contributed by atoms with van der Waals surface area (Å²) in [6.45, 7) is 2.01. The van der Waals surface area contributed by atoms with E-state index in [-0.39, 0.29) is 11.9 Å². The molecule has 4 heteroatoms. The largest absolute Gasteiger partial charge is 0.397 e. The Balaban J connectivity index is 2.21. The number of nitrogens with one attached hydrogen (secondary N) is 1.